The van der Waals surface area contributed by atoms with Crippen molar-refractivity contribution in [2.75, 3.05) is 6.54 Å². The summed E-state index contributed by atoms with van der Waals surface area (Å²) in [4.78, 5) is 29.4. The summed E-state index contributed by atoms with van der Waals surface area (Å²) in [6.45, 7) is 2.68. The van der Waals surface area contributed by atoms with Crippen LogP contribution in [0.3, 0.4) is 0 Å². The molecule has 2 unspecified atom stereocenters. The summed E-state index contributed by atoms with van der Waals surface area (Å²) in [6, 6.07) is 14.7. The second-order valence-electron chi connectivity index (χ2n) is 5.76. The Morgan fingerprint density at radius 3 is 2.48 bits per heavy atom. The van der Waals surface area contributed by atoms with Crippen molar-refractivity contribution in [2.45, 2.75) is 25.3 Å². The molecule has 2 aromatic rings. The fourth-order valence-electron chi connectivity index (χ4n) is 3.19. The first-order valence-electron chi connectivity index (χ1n) is 7.64. The maximum Gasteiger partial charge on any atom is 0.354 e. The van der Waals surface area contributed by atoms with Crippen molar-refractivity contribution in [3.8, 4) is 0 Å². The van der Waals surface area contributed by atoms with Gasteiger partial charge in [-0.2, -0.15) is 0 Å². The molecule has 2 atom stereocenters. The van der Waals surface area contributed by atoms with Crippen LogP contribution in [0, 0.1) is 0 Å². The van der Waals surface area contributed by atoms with Crippen molar-refractivity contribution < 1.29 is 14.7 Å². The zero-order chi connectivity index (χ0) is 16.4. The highest BCUT2D eigenvalue weighted by atomic mass is 16.4. The van der Waals surface area contributed by atoms with Gasteiger partial charge in [0.05, 0.1) is 0 Å². The third kappa shape index (κ3) is 2.95. The van der Waals surface area contributed by atoms with Gasteiger partial charge in [-0.15, -0.1) is 0 Å². The Morgan fingerprint density at radius 1 is 1.09 bits per heavy atom. The topological polar surface area (TPSA) is 70.5 Å². The smallest absolute Gasteiger partial charge is 0.354 e. The second kappa shape index (κ2) is 6.20. The van der Waals surface area contributed by atoms with Crippen molar-refractivity contribution in [3.05, 3.63) is 65.5 Å². The van der Waals surface area contributed by atoms with E-state index >= 15 is 0 Å². The number of carboxylic acid groups (broad SMARTS) is 1. The number of rotatable bonds is 3. The van der Waals surface area contributed by atoms with Crippen LogP contribution < -0.4 is 0 Å². The molecule has 1 N–H and O–H groups in total. The Bertz CT molecular complexity index is 730. The Labute approximate surface area is 134 Å². The van der Waals surface area contributed by atoms with E-state index in [1.165, 1.54) is 11.6 Å². The molecule has 1 amide bonds. The fourth-order valence-corrected chi connectivity index (χ4v) is 3.19. The molecule has 1 aliphatic rings. The molecule has 0 saturated carbocycles. The van der Waals surface area contributed by atoms with Crippen LogP contribution in [0.25, 0.3) is 0 Å². The summed E-state index contributed by atoms with van der Waals surface area (Å²) in [7, 11) is 0. The predicted molar refractivity (Wildman–Crippen MR) is 85.5 cm³/mol. The molecule has 5 nitrogen and oxygen atoms in total. The minimum absolute atomic E-state index is 0.0557. The maximum atomic E-state index is 12.7. The van der Waals surface area contributed by atoms with Gasteiger partial charge in [0.2, 0.25) is 0 Å². The van der Waals surface area contributed by atoms with Gasteiger partial charge in [0.1, 0.15) is 11.4 Å². The van der Waals surface area contributed by atoms with Crippen LogP contribution in [-0.2, 0) is 0 Å². The number of nitrogens with zero attached hydrogens (tertiary/aromatic N) is 2. The van der Waals surface area contributed by atoms with E-state index in [2.05, 4.69) is 17.1 Å². The van der Waals surface area contributed by atoms with E-state index < -0.39 is 5.97 Å². The SMILES string of the molecule is CC1C(c2ccccc2)CCN1C(=O)c1cccc(C(=O)O)n1. The van der Waals surface area contributed by atoms with E-state index in [1.807, 2.05) is 25.1 Å². The number of likely N-dealkylation sites (tertiary alicyclic amines) is 1. The zero-order valence-corrected chi connectivity index (χ0v) is 12.8. The lowest BCUT2D eigenvalue weighted by Crippen LogP contribution is -2.36. The van der Waals surface area contributed by atoms with Crippen LogP contribution in [0.1, 0.15) is 45.8 Å². The number of carbonyl (C=O) groups excluding carboxylic acids is 1. The van der Waals surface area contributed by atoms with Gasteiger partial charge in [-0.25, -0.2) is 9.78 Å². The largest absolute Gasteiger partial charge is 0.477 e. The van der Waals surface area contributed by atoms with Gasteiger partial charge in [0, 0.05) is 18.5 Å². The zero-order valence-electron chi connectivity index (χ0n) is 12.8. The van der Waals surface area contributed by atoms with Crippen LogP contribution in [0.2, 0.25) is 0 Å². The third-order valence-corrected chi connectivity index (χ3v) is 4.43. The Morgan fingerprint density at radius 2 is 1.78 bits per heavy atom. The van der Waals surface area contributed by atoms with Crippen molar-refractivity contribution in [1.29, 1.82) is 0 Å². The molecule has 0 spiro atoms. The second-order valence-corrected chi connectivity index (χ2v) is 5.76. The molecule has 1 aliphatic heterocycles. The van der Waals surface area contributed by atoms with Crippen LogP contribution in [0.4, 0.5) is 0 Å². The number of carbonyl (C=O) groups is 2. The van der Waals surface area contributed by atoms with Crippen molar-refractivity contribution >= 4 is 11.9 Å². The number of hydrogen-bond acceptors (Lipinski definition) is 3. The lowest BCUT2D eigenvalue weighted by atomic mass is 9.93. The number of amides is 1. The first kappa shape index (κ1) is 15.2. The van der Waals surface area contributed by atoms with Crippen LogP contribution in [0.15, 0.2) is 48.5 Å². The highest BCUT2D eigenvalue weighted by Gasteiger charge is 2.35. The standard InChI is InChI=1S/C18H18N2O3/c1-12-14(13-6-3-2-4-7-13)10-11-20(12)17(21)15-8-5-9-16(19-15)18(22)23/h2-9,12,14H,10-11H2,1H3,(H,22,23). The number of pyridine rings is 1. The van der Waals surface area contributed by atoms with Gasteiger partial charge in [-0.1, -0.05) is 36.4 Å². The normalized spacial score (nSPS) is 20.5. The molecule has 0 aliphatic carbocycles. The van der Waals surface area contributed by atoms with Gasteiger partial charge in [0.25, 0.3) is 5.91 Å². The number of aromatic carboxylic acids is 1. The van der Waals surface area contributed by atoms with Crippen LogP contribution in [-0.4, -0.2) is 39.5 Å². The van der Waals surface area contributed by atoms with E-state index in [-0.39, 0.29) is 23.3 Å². The highest BCUT2D eigenvalue weighted by molar-refractivity contribution is 5.94. The lowest BCUT2D eigenvalue weighted by Gasteiger charge is -2.24. The summed E-state index contributed by atoms with van der Waals surface area (Å²) in [6.07, 6.45) is 0.898. The van der Waals surface area contributed by atoms with Gasteiger partial charge >= 0.3 is 5.97 Å². The maximum absolute atomic E-state index is 12.7. The Kier molecular flexibility index (Phi) is 4.10. The van der Waals surface area contributed by atoms with E-state index in [0.717, 1.165) is 6.42 Å². The van der Waals surface area contributed by atoms with E-state index in [4.69, 9.17) is 5.11 Å². The Balaban J connectivity index is 1.81. The van der Waals surface area contributed by atoms with Crippen molar-refractivity contribution in [2.24, 2.45) is 0 Å². The molecule has 0 radical (unpaired) electrons. The molecule has 1 saturated heterocycles. The summed E-state index contributed by atoms with van der Waals surface area (Å²) < 4.78 is 0. The first-order chi connectivity index (χ1) is 11.1. The van der Waals surface area contributed by atoms with E-state index in [1.54, 1.807) is 17.0 Å². The van der Waals surface area contributed by atoms with Gasteiger partial charge in [0.15, 0.2) is 0 Å². The van der Waals surface area contributed by atoms with Crippen LogP contribution >= 0.6 is 0 Å². The predicted octanol–water partition coefficient (Wildman–Crippen LogP) is 2.80. The molecule has 1 aromatic heterocycles. The number of carboxylic acids is 1. The van der Waals surface area contributed by atoms with Crippen LogP contribution in [0.5, 0.6) is 0 Å². The molecule has 5 heteroatoms. The number of hydrogen-bond donors (Lipinski definition) is 1. The molecule has 3 rings (SSSR count). The first-order valence-corrected chi connectivity index (χ1v) is 7.64. The summed E-state index contributed by atoms with van der Waals surface area (Å²) in [5.74, 6) is -1.04. The molecular weight excluding hydrogens is 292 g/mol. The average Bonchev–Trinajstić information content (AvgIpc) is 2.96. The molecule has 1 fully saturated rings. The molecular formula is C18H18N2O3. The summed E-state index contributed by atoms with van der Waals surface area (Å²) in [5, 5.41) is 9.01. The minimum Gasteiger partial charge on any atom is -0.477 e. The minimum atomic E-state index is -1.13. The van der Waals surface area contributed by atoms with Gasteiger partial charge in [-0.3, -0.25) is 4.79 Å². The quantitative estimate of drug-likeness (QED) is 0.946. The molecule has 1 aromatic carbocycles. The van der Waals surface area contributed by atoms with Gasteiger partial charge in [-0.05, 0) is 31.0 Å². The lowest BCUT2D eigenvalue weighted by molar-refractivity contribution is 0.0689. The number of aromatic nitrogens is 1. The highest BCUT2D eigenvalue weighted by Crippen LogP contribution is 2.33. The fraction of sp³-hybridized carbons (Fsp3) is 0.278. The van der Waals surface area contributed by atoms with E-state index in [9.17, 15) is 9.59 Å². The van der Waals surface area contributed by atoms with Gasteiger partial charge < -0.3 is 10.0 Å². The molecule has 0 bridgehead atoms. The number of benzene rings is 1. The Hall–Kier alpha value is -2.69. The van der Waals surface area contributed by atoms with Crippen molar-refractivity contribution in [1.82, 2.24) is 9.88 Å². The monoisotopic (exact) mass is 310 g/mol. The molecule has 2 heterocycles. The average molecular weight is 310 g/mol. The summed E-state index contributed by atoms with van der Waals surface area (Å²) >= 11 is 0. The summed E-state index contributed by atoms with van der Waals surface area (Å²) in [5.41, 5.74) is 1.30. The third-order valence-electron chi connectivity index (χ3n) is 4.43. The molecule has 23 heavy (non-hydrogen) atoms. The molecule has 118 valence electrons. The van der Waals surface area contributed by atoms with Crippen molar-refractivity contribution in [3.63, 3.8) is 0 Å². The van der Waals surface area contributed by atoms with E-state index in [0.29, 0.717) is 12.5 Å².